The van der Waals surface area contributed by atoms with Crippen LogP contribution in [-0.2, 0) is 4.79 Å². The molecule has 0 aliphatic heterocycles. The number of aliphatic imine (C=N–C) groups is 1. The van der Waals surface area contributed by atoms with Gasteiger partial charge in [0.15, 0.2) is 5.96 Å². The van der Waals surface area contributed by atoms with E-state index in [1.807, 2.05) is 30.4 Å². The first-order chi connectivity index (χ1) is 8.66. The van der Waals surface area contributed by atoms with E-state index in [0.29, 0.717) is 11.5 Å². The zero-order valence-corrected chi connectivity index (χ0v) is 9.91. The molecule has 2 rings (SSSR count). The molecule has 4 N–H and O–H groups in total. The minimum absolute atomic E-state index is 0.209. The van der Waals surface area contributed by atoms with Gasteiger partial charge in [0.25, 0.3) is 5.91 Å². The molecule has 0 radical (unpaired) electrons. The van der Waals surface area contributed by atoms with Crippen molar-refractivity contribution >= 4 is 11.9 Å². The molecule has 1 aliphatic rings. The monoisotopic (exact) mass is 241 g/mol. The van der Waals surface area contributed by atoms with Crippen molar-refractivity contribution in [1.82, 2.24) is 0 Å². The normalized spacial score (nSPS) is 18.0. The zero-order valence-electron chi connectivity index (χ0n) is 9.91. The van der Waals surface area contributed by atoms with Crippen molar-refractivity contribution in [3.8, 4) is 0 Å². The molecule has 4 nitrogen and oxygen atoms in total. The lowest BCUT2D eigenvalue weighted by Gasteiger charge is -2.15. The van der Waals surface area contributed by atoms with E-state index in [1.165, 1.54) is 5.56 Å². The van der Waals surface area contributed by atoms with Crippen LogP contribution in [0.5, 0.6) is 0 Å². The maximum absolute atomic E-state index is 11.6. The number of carbonyl (C=O) groups is 1. The number of hydrogen-bond acceptors (Lipinski definition) is 1. The van der Waals surface area contributed by atoms with Gasteiger partial charge in [-0.2, -0.15) is 4.99 Å². The van der Waals surface area contributed by atoms with Gasteiger partial charge in [0, 0.05) is 11.5 Å². The summed E-state index contributed by atoms with van der Waals surface area (Å²) in [5.74, 6) is -0.292. The van der Waals surface area contributed by atoms with Crippen molar-refractivity contribution in [2.45, 2.75) is 12.3 Å². The van der Waals surface area contributed by atoms with Crippen LogP contribution in [0, 0.1) is 0 Å². The Kier molecular flexibility index (Phi) is 3.57. The maximum Gasteiger partial charge on any atom is 0.279 e. The molecule has 1 amide bonds. The van der Waals surface area contributed by atoms with E-state index in [0.717, 1.165) is 6.42 Å². The second-order valence-electron chi connectivity index (χ2n) is 4.11. The van der Waals surface area contributed by atoms with Crippen molar-refractivity contribution in [1.29, 1.82) is 0 Å². The van der Waals surface area contributed by atoms with E-state index in [2.05, 4.69) is 17.1 Å². The summed E-state index contributed by atoms with van der Waals surface area (Å²) in [7, 11) is 0. The summed E-state index contributed by atoms with van der Waals surface area (Å²) in [5, 5.41) is 0. The Morgan fingerprint density at radius 1 is 1.22 bits per heavy atom. The van der Waals surface area contributed by atoms with Gasteiger partial charge in [0.05, 0.1) is 0 Å². The molecular formula is C14H15N3O. The summed E-state index contributed by atoms with van der Waals surface area (Å²) >= 11 is 0. The predicted molar refractivity (Wildman–Crippen MR) is 71.8 cm³/mol. The summed E-state index contributed by atoms with van der Waals surface area (Å²) in [4.78, 5) is 15.1. The fraction of sp³-hybridized carbons (Fsp3) is 0.143. The van der Waals surface area contributed by atoms with Crippen molar-refractivity contribution in [2.24, 2.45) is 16.5 Å². The second-order valence-corrected chi connectivity index (χ2v) is 4.11. The Labute approximate surface area is 106 Å². The molecule has 0 heterocycles. The fourth-order valence-corrected chi connectivity index (χ4v) is 1.91. The molecule has 0 aromatic heterocycles. The molecule has 1 atom stereocenters. The molecule has 18 heavy (non-hydrogen) atoms. The molecule has 1 aromatic rings. The molecule has 1 aromatic carbocycles. The number of benzene rings is 1. The molecular weight excluding hydrogens is 226 g/mol. The highest BCUT2D eigenvalue weighted by molar-refractivity contribution is 6.03. The third kappa shape index (κ3) is 2.85. The molecule has 0 bridgehead atoms. The van der Waals surface area contributed by atoms with E-state index in [9.17, 15) is 4.79 Å². The number of hydrogen-bond donors (Lipinski definition) is 2. The van der Waals surface area contributed by atoms with Crippen molar-refractivity contribution in [3.63, 3.8) is 0 Å². The van der Waals surface area contributed by atoms with E-state index in [4.69, 9.17) is 11.5 Å². The van der Waals surface area contributed by atoms with Crippen molar-refractivity contribution in [3.05, 3.63) is 59.7 Å². The lowest BCUT2D eigenvalue weighted by atomic mass is 9.90. The number of nitrogens with zero attached hydrogens (tertiary/aromatic N) is 1. The lowest BCUT2D eigenvalue weighted by Crippen LogP contribution is -2.24. The van der Waals surface area contributed by atoms with Crippen LogP contribution in [0.3, 0.4) is 0 Å². The molecule has 4 heteroatoms. The van der Waals surface area contributed by atoms with Gasteiger partial charge in [-0.3, -0.25) is 4.79 Å². The van der Waals surface area contributed by atoms with Crippen LogP contribution >= 0.6 is 0 Å². The largest absolute Gasteiger partial charge is 0.370 e. The molecule has 92 valence electrons. The summed E-state index contributed by atoms with van der Waals surface area (Å²) < 4.78 is 0. The fourth-order valence-electron chi connectivity index (χ4n) is 1.91. The van der Waals surface area contributed by atoms with Crippen LogP contribution in [0.1, 0.15) is 17.9 Å². The smallest absolute Gasteiger partial charge is 0.279 e. The Balaban J connectivity index is 2.08. The van der Waals surface area contributed by atoms with Crippen molar-refractivity contribution in [2.75, 3.05) is 0 Å². The topological polar surface area (TPSA) is 81.5 Å². The predicted octanol–water partition coefficient (Wildman–Crippen LogP) is 1.46. The summed E-state index contributed by atoms with van der Waals surface area (Å²) in [6.07, 6.45) is 6.43. The first kappa shape index (κ1) is 12.1. The van der Waals surface area contributed by atoms with Gasteiger partial charge < -0.3 is 11.5 Å². The first-order valence-corrected chi connectivity index (χ1v) is 5.74. The number of allylic oxidation sites excluding steroid dienone is 2. The van der Waals surface area contributed by atoms with Crippen LogP contribution in [0.25, 0.3) is 0 Å². The van der Waals surface area contributed by atoms with Crippen LogP contribution in [0.4, 0.5) is 0 Å². The number of carbonyl (C=O) groups excluding carboxylic acids is 1. The maximum atomic E-state index is 11.6. The van der Waals surface area contributed by atoms with Crippen LogP contribution in [0.2, 0.25) is 0 Å². The third-order valence-electron chi connectivity index (χ3n) is 2.81. The van der Waals surface area contributed by atoms with Gasteiger partial charge in [-0.05, 0) is 12.0 Å². The SMILES string of the molecule is NC(N)=NC(=O)C1=CCC(c2ccccc2)C=C1. The van der Waals surface area contributed by atoms with Gasteiger partial charge in [-0.25, -0.2) is 0 Å². The second kappa shape index (κ2) is 5.31. The minimum atomic E-state index is -0.391. The quantitative estimate of drug-likeness (QED) is 0.607. The van der Waals surface area contributed by atoms with Gasteiger partial charge in [-0.1, -0.05) is 48.6 Å². The lowest BCUT2D eigenvalue weighted by molar-refractivity contribution is -0.114. The van der Waals surface area contributed by atoms with Crippen LogP contribution in [-0.4, -0.2) is 11.9 Å². The number of guanidine groups is 1. The zero-order chi connectivity index (χ0) is 13.0. The minimum Gasteiger partial charge on any atom is -0.370 e. The van der Waals surface area contributed by atoms with E-state index in [1.54, 1.807) is 6.08 Å². The summed E-state index contributed by atoms with van der Waals surface area (Å²) in [6.45, 7) is 0. The van der Waals surface area contributed by atoms with E-state index < -0.39 is 5.91 Å². The molecule has 1 unspecified atom stereocenters. The van der Waals surface area contributed by atoms with Gasteiger partial charge in [0.1, 0.15) is 0 Å². The Morgan fingerprint density at radius 3 is 2.50 bits per heavy atom. The highest BCUT2D eigenvalue weighted by Crippen LogP contribution is 2.26. The number of rotatable bonds is 2. The average Bonchev–Trinajstić information content (AvgIpc) is 2.39. The molecule has 0 fully saturated rings. The highest BCUT2D eigenvalue weighted by atomic mass is 16.1. The summed E-state index contributed by atoms with van der Waals surface area (Å²) in [5.41, 5.74) is 12.1. The molecule has 0 saturated carbocycles. The number of nitrogens with two attached hydrogens (primary N) is 2. The highest BCUT2D eigenvalue weighted by Gasteiger charge is 2.14. The summed E-state index contributed by atoms with van der Waals surface area (Å²) in [6, 6.07) is 10.1. The Morgan fingerprint density at radius 2 is 1.94 bits per heavy atom. The number of amides is 1. The van der Waals surface area contributed by atoms with Crippen molar-refractivity contribution < 1.29 is 4.79 Å². The molecule has 1 aliphatic carbocycles. The third-order valence-corrected chi connectivity index (χ3v) is 2.81. The Bertz CT molecular complexity index is 525. The van der Waals surface area contributed by atoms with Gasteiger partial charge in [0.2, 0.25) is 0 Å². The van der Waals surface area contributed by atoms with Crippen LogP contribution < -0.4 is 11.5 Å². The van der Waals surface area contributed by atoms with E-state index >= 15 is 0 Å². The Hall–Kier alpha value is -2.36. The average molecular weight is 241 g/mol. The van der Waals surface area contributed by atoms with Crippen LogP contribution in [0.15, 0.2) is 59.1 Å². The van der Waals surface area contributed by atoms with E-state index in [-0.39, 0.29) is 5.96 Å². The van der Waals surface area contributed by atoms with Gasteiger partial charge >= 0.3 is 0 Å². The standard InChI is InChI=1S/C14H15N3O/c15-14(16)17-13(18)12-8-6-11(7-9-12)10-4-2-1-3-5-10/h1-6,8-9,11H,7H2,(H4,15,16,17,18). The molecule has 0 saturated heterocycles. The van der Waals surface area contributed by atoms with Gasteiger partial charge in [-0.15, -0.1) is 0 Å². The molecule has 0 spiro atoms. The first-order valence-electron chi connectivity index (χ1n) is 5.74.